The number of carbonyl (C=O) groups is 1. The maximum Gasteiger partial charge on any atom is 0.407 e. The molecule has 2 aliphatic rings. The summed E-state index contributed by atoms with van der Waals surface area (Å²) in [6.07, 6.45) is -0.485. The highest BCUT2D eigenvalue weighted by Crippen LogP contribution is 2.51. The number of aliphatic hydroxyl groups excluding tert-OH is 1. The third-order valence-corrected chi connectivity index (χ3v) is 9.07. The number of aryl methyl sites for hydroxylation is 1. The van der Waals surface area contributed by atoms with Crippen LogP contribution in [-0.4, -0.2) is 60.7 Å². The Labute approximate surface area is 206 Å². The Balaban J connectivity index is 1.52. The minimum atomic E-state index is -2.89. The van der Waals surface area contributed by atoms with E-state index in [4.69, 9.17) is 4.98 Å². The number of nitrogens with zero attached hydrogens (tertiary/aromatic N) is 3. The van der Waals surface area contributed by atoms with Crippen LogP contribution >= 0.6 is 10.6 Å². The van der Waals surface area contributed by atoms with Crippen LogP contribution in [0.3, 0.4) is 0 Å². The number of carboxylic acid groups (broad SMARTS) is 1. The van der Waals surface area contributed by atoms with Crippen LogP contribution in [0.2, 0.25) is 0 Å². The molecule has 0 bridgehead atoms. The molecule has 3 aromatic rings. The van der Waals surface area contributed by atoms with Gasteiger partial charge in [-0.05, 0) is 61.1 Å². The summed E-state index contributed by atoms with van der Waals surface area (Å²) in [6.45, 7) is 3.74. The molecule has 1 aromatic heterocycles. The van der Waals surface area contributed by atoms with E-state index in [0.29, 0.717) is 49.7 Å². The van der Waals surface area contributed by atoms with Crippen molar-refractivity contribution >= 4 is 33.4 Å². The van der Waals surface area contributed by atoms with E-state index in [0.717, 1.165) is 27.6 Å². The second-order valence-corrected chi connectivity index (χ2v) is 11.7. The van der Waals surface area contributed by atoms with Crippen LogP contribution in [0.1, 0.15) is 35.6 Å². The molecule has 0 saturated carbocycles. The zero-order chi connectivity index (χ0) is 24.7. The predicted molar refractivity (Wildman–Crippen MR) is 137 cm³/mol. The fraction of sp³-hybridized carbons (Fsp3) is 0.385. The van der Waals surface area contributed by atoms with Gasteiger partial charge in [0.1, 0.15) is 5.82 Å². The standard InChI is InChI=1S/C26H31N3O5S/c1-17-6-7-22-20(14-17)21(25(30)18-8-10-28(11-9-18)26(31)32)15-24(27-22)29-12-13-35(33,34)23-5-3-2-4-19(23)16-29/h2-7,14-15,18,25,30,33-34H,8-13,16H2,1H3,(H,31,32). The number of aliphatic hydroxyl groups is 1. The number of fused-ring (bicyclic) bond motifs is 2. The molecule has 186 valence electrons. The van der Waals surface area contributed by atoms with Gasteiger partial charge >= 0.3 is 6.09 Å². The molecule has 1 saturated heterocycles. The van der Waals surface area contributed by atoms with Gasteiger partial charge in [-0.3, -0.25) is 9.11 Å². The van der Waals surface area contributed by atoms with E-state index in [1.165, 1.54) is 4.90 Å². The zero-order valence-electron chi connectivity index (χ0n) is 19.7. The van der Waals surface area contributed by atoms with Gasteiger partial charge < -0.3 is 20.0 Å². The van der Waals surface area contributed by atoms with Gasteiger partial charge in [-0.25, -0.2) is 9.78 Å². The van der Waals surface area contributed by atoms with Crippen LogP contribution in [0, 0.1) is 12.8 Å². The van der Waals surface area contributed by atoms with Gasteiger partial charge in [0, 0.05) is 31.6 Å². The van der Waals surface area contributed by atoms with Gasteiger partial charge in [0.05, 0.1) is 22.3 Å². The molecule has 1 amide bonds. The number of amides is 1. The van der Waals surface area contributed by atoms with Crippen molar-refractivity contribution in [2.24, 2.45) is 5.92 Å². The van der Waals surface area contributed by atoms with E-state index in [1.54, 1.807) is 6.07 Å². The molecule has 0 aliphatic carbocycles. The van der Waals surface area contributed by atoms with Gasteiger partial charge in [0.15, 0.2) is 0 Å². The van der Waals surface area contributed by atoms with Crippen LogP contribution in [0.5, 0.6) is 0 Å². The summed E-state index contributed by atoms with van der Waals surface area (Å²) < 4.78 is 21.5. The molecule has 9 heteroatoms. The maximum absolute atomic E-state index is 11.5. The summed E-state index contributed by atoms with van der Waals surface area (Å²) >= 11 is 0. The van der Waals surface area contributed by atoms with Crippen molar-refractivity contribution in [3.8, 4) is 0 Å². The Bertz CT molecular complexity index is 1260. The summed E-state index contributed by atoms with van der Waals surface area (Å²) in [4.78, 5) is 20.2. The molecule has 4 N–H and O–H groups in total. The van der Waals surface area contributed by atoms with Crippen molar-refractivity contribution in [2.45, 2.75) is 37.3 Å². The molecule has 3 heterocycles. The number of hydrogen-bond acceptors (Lipinski definition) is 6. The minimum Gasteiger partial charge on any atom is -0.465 e. The molecule has 2 aliphatic heterocycles. The fourth-order valence-corrected chi connectivity index (χ4v) is 6.74. The molecule has 35 heavy (non-hydrogen) atoms. The number of aromatic nitrogens is 1. The molecule has 1 fully saturated rings. The zero-order valence-corrected chi connectivity index (χ0v) is 20.5. The lowest BCUT2D eigenvalue weighted by molar-refractivity contribution is 0.0583. The Morgan fingerprint density at radius 1 is 1.09 bits per heavy atom. The highest BCUT2D eigenvalue weighted by atomic mass is 32.3. The quantitative estimate of drug-likeness (QED) is 0.398. The van der Waals surface area contributed by atoms with E-state index < -0.39 is 22.8 Å². The van der Waals surface area contributed by atoms with Gasteiger partial charge in [0.2, 0.25) is 0 Å². The molecular weight excluding hydrogens is 466 g/mol. The topological polar surface area (TPSA) is 117 Å². The smallest absolute Gasteiger partial charge is 0.407 e. The average molecular weight is 498 g/mol. The van der Waals surface area contributed by atoms with Crippen molar-refractivity contribution in [1.82, 2.24) is 9.88 Å². The monoisotopic (exact) mass is 497 g/mol. The first-order chi connectivity index (χ1) is 16.7. The summed E-state index contributed by atoms with van der Waals surface area (Å²) in [5.74, 6) is 0.843. The lowest BCUT2D eigenvalue weighted by Crippen LogP contribution is -2.38. The fourth-order valence-electron chi connectivity index (χ4n) is 5.20. The van der Waals surface area contributed by atoms with Gasteiger partial charge in [-0.15, -0.1) is 0 Å². The van der Waals surface area contributed by atoms with Crippen molar-refractivity contribution in [3.05, 3.63) is 65.2 Å². The van der Waals surface area contributed by atoms with Crippen LogP contribution in [0.4, 0.5) is 10.6 Å². The predicted octanol–water partition coefficient (Wildman–Crippen LogP) is 5.10. The third kappa shape index (κ3) is 4.69. The van der Waals surface area contributed by atoms with Crippen LogP contribution in [0.25, 0.3) is 10.9 Å². The number of pyridine rings is 1. The average Bonchev–Trinajstić information content (AvgIpc) is 2.99. The van der Waals surface area contributed by atoms with E-state index in [2.05, 4.69) is 0 Å². The first-order valence-corrected chi connectivity index (χ1v) is 13.6. The Morgan fingerprint density at radius 2 is 1.83 bits per heavy atom. The second kappa shape index (κ2) is 9.31. The first kappa shape index (κ1) is 23.9. The summed E-state index contributed by atoms with van der Waals surface area (Å²) in [6, 6.07) is 15.3. The molecule has 2 aromatic carbocycles. The summed E-state index contributed by atoms with van der Waals surface area (Å²) in [7, 11) is -2.89. The van der Waals surface area contributed by atoms with Gasteiger partial charge in [0.25, 0.3) is 0 Å². The van der Waals surface area contributed by atoms with Crippen LogP contribution < -0.4 is 4.90 Å². The van der Waals surface area contributed by atoms with E-state index >= 15 is 0 Å². The molecule has 1 atom stereocenters. The van der Waals surface area contributed by atoms with Crippen molar-refractivity contribution in [3.63, 3.8) is 0 Å². The molecule has 8 nitrogen and oxygen atoms in total. The highest BCUT2D eigenvalue weighted by Gasteiger charge is 2.31. The minimum absolute atomic E-state index is 0.0543. The highest BCUT2D eigenvalue weighted by molar-refractivity contribution is 8.24. The van der Waals surface area contributed by atoms with Gasteiger partial charge in [-0.1, -0.05) is 29.8 Å². The van der Waals surface area contributed by atoms with E-state index in [-0.39, 0.29) is 11.7 Å². The molecular formula is C26H31N3O5S. The number of likely N-dealkylation sites (tertiary alicyclic amines) is 1. The van der Waals surface area contributed by atoms with E-state index in [9.17, 15) is 24.1 Å². The second-order valence-electron chi connectivity index (χ2n) is 9.54. The van der Waals surface area contributed by atoms with Crippen LogP contribution in [0.15, 0.2) is 53.4 Å². The molecule has 1 unspecified atom stereocenters. The van der Waals surface area contributed by atoms with Gasteiger partial charge in [-0.2, -0.15) is 10.6 Å². The van der Waals surface area contributed by atoms with E-state index in [1.807, 2.05) is 54.3 Å². The number of piperidine rings is 1. The first-order valence-electron chi connectivity index (χ1n) is 11.9. The number of hydrogen-bond donors (Lipinski definition) is 4. The number of benzene rings is 2. The maximum atomic E-state index is 11.5. The van der Waals surface area contributed by atoms with Crippen molar-refractivity contribution in [1.29, 1.82) is 0 Å². The molecule has 0 radical (unpaired) electrons. The third-order valence-electron chi connectivity index (χ3n) is 7.21. The lowest BCUT2D eigenvalue weighted by Gasteiger charge is -2.33. The number of anilines is 1. The molecule has 0 spiro atoms. The molecule has 5 rings (SSSR count). The largest absolute Gasteiger partial charge is 0.465 e. The SMILES string of the molecule is Cc1ccc2nc(N3CCS(O)(O)c4ccccc4C3)cc(C(O)C3CCN(C(=O)O)CC3)c2c1. The lowest BCUT2D eigenvalue weighted by atomic mass is 9.86. The summed E-state index contributed by atoms with van der Waals surface area (Å²) in [5.41, 5.74) is 3.48. The van der Waals surface area contributed by atoms with Crippen molar-refractivity contribution < 1.29 is 24.1 Å². The van der Waals surface area contributed by atoms with Crippen LogP contribution in [-0.2, 0) is 6.54 Å². The Hall–Kier alpha value is -2.85. The normalized spacial score (nSPS) is 20.2. The van der Waals surface area contributed by atoms with Crippen molar-refractivity contribution in [2.75, 3.05) is 30.3 Å². The Morgan fingerprint density at radius 3 is 2.57 bits per heavy atom. The summed E-state index contributed by atoms with van der Waals surface area (Å²) in [5, 5.41) is 21.7. The number of rotatable bonds is 3. The Kier molecular flexibility index (Phi) is 6.35.